The van der Waals surface area contributed by atoms with Gasteiger partial charge in [-0.05, 0) is 6.08 Å². The fourth-order valence-corrected chi connectivity index (χ4v) is 1.03. The van der Waals surface area contributed by atoms with Crippen LogP contribution in [0.3, 0.4) is 0 Å². The Bertz CT molecular complexity index is 393. The molecule has 14 heavy (non-hydrogen) atoms. The molecule has 0 saturated heterocycles. The zero-order valence-corrected chi connectivity index (χ0v) is 7.98. The van der Waals surface area contributed by atoms with Crippen molar-refractivity contribution in [3.63, 3.8) is 0 Å². The molecule has 0 aromatic carbocycles. The molecule has 1 aromatic rings. The summed E-state index contributed by atoms with van der Waals surface area (Å²) in [5.41, 5.74) is 0.217. The summed E-state index contributed by atoms with van der Waals surface area (Å²) in [5, 5.41) is 3.82. The van der Waals surface area contributed by atoms with Gasteiger partial charge in [-0.1, -0.05) is 6.58 Å². The Morgan fingerprint density at radius 1 is 1.64 bits per heavy atom. The molecule has 0 unspecified atom stereocenters. The van der Waals surface area contributed by atoms with Crippen LogP contribution in [-0.2, 0) is 11.8 Å². The van der Waals surface area contributed by atoms with Crippen LogP contribution in [0.5, 0.6) is 0 Å². The number of carbonyl (C=O) groups is 2. The van der Waals surface area contributed by atoms with E-state index in [0.29, 0.717) is 0 Å². The smallest absolute Gasteiger partial charge is 0.359 e. The van der Waals surface area contributed by atoms with Gasteiger partial charge in [0.25, 0.3) is 0 Å². The first-order valence-electron chi connectivity index (χ1n) is 3.89. The number of rotatable bonds is 3. The third-order valence-electron chi connectivity index (χ3n) is 1.66. The lowest BCUT2D eigenvalue weighted by Gasteiger charge is -1.95. The molecule has 0 fully saturated rings. The Labute approximate surface area is 81.0 Å². The minimum absolute atomic E-state index is 0.0138. The van der Waals surface area contributed by atoms with Crippen LogP contribution in [-0.4, -0.2) is 28.6 Å². The zero-order valence-electron chi connectivity index (χ0n) is 7.98. The molecular formula is C9H10N2O3. The molecule has 0 aliphatic rings. The Morgan fingerprint density at radius 2 is 2.29 bits per heavy atom. The van der Waals surface area contributed by atoms with E-state index in [9.17, 15) is 9.59 Å². The van der Waals surface area contributed by atoms with E-state index in [-0.39, 0.29) is 17.0 Å². The molecular weight excluding hydrogens is 184 g/mol. The second-order valence-electron chi connectivity index (χ2n) is 2.63. The van der Waals surface area contributed by atoms with E-state index in [0.717, 1.165) is 6.08 Å². The minimum Gasteiger partial charge on any atom is -0.464 e. The molecule has 0 radical (unpaired) electrons. The maximum atomic E-state index is 11.3. The van der Waals surface area contributed by atoms with Crippen molar-refractivity contribution in [1.29, 1.82) is 0 Å². The van der Waals surface area contributed by atoms with Crippen molar-refractivity contribution in [1.82, 2.24) is 9.78 Å². The number of ether oxygens (including phenoxy) is 1. The van der Waals surface area contributed by atoms with Crippen molar-refractivity contribution in [3.8, 4) is 0 Å². The van der Waals surface area contributed by atoms with Gasteiger partial charge in [0, 0.05) is 13.2 Å². The van der Waals surface area contributed by atoms with E-state index in [4.69, 9.17) is 0 Å². The van der Waals surface area contributed by atoms with Crippen molar-refractivity contribution in [3.05, 3.63) is 30.1 Å². The van der Waals surface area contributed by atoms with Gasteiger partial charge in [0.1, 0.15) is 0 Å². The molecule has 5 heteroatoms. The molecule has 0 aliphatic carbocycles. The molecule has 1 heterocycles. The molecule has 0 aliphatic heterocycles. The average Bonchev–Trinajstić information content (AvgIpc) is 2.58. The summed E-state index contributed by atoms with van der Waals surface area (Å²) < 4.78 is 5.86. The average molecular weight is 194 g/mol. The van der Waals surface area contributed by atoms with E-state index in [1.54, 1.807) is 7.05 Å². The fraction of sp³-hybridized carbons (Fsp3) is 0.222. The zero-order chi connectivity index (χ0) is 10.7. The van der Waals surface area contributed by atoms with Crippen molar-refractivity contribution in [2.45, 2.75) is 0 Å². The highest BCUT2D eigenvalue weighted by atomic mass is 16.5. The molecule has 0 N–H and O–H groups in total. The number of hydrogen-bond acceptors (Lipinski definition) is 4. The number of carbonyl (C=O) groups excluding carboxylic acids is 2. The molecule has 1 rings (SSSR count). The lowest BCUT2D eigenvalue weighted by atomic mass is 10.1. The van der Waals surface area contributed by atoms with Crippen molar-refractivity contribution < 1.29 is 14.3 Å². The predicted octanol–water partition coefficient (Wildman–Crippen LogP) is 0.575. The second-order valence-corrected chi connectivity index (χ2v) is 2.63. The van der Waals surface area contributed by atoms with Gasteiger partial charge < -0.3 is 4.74 Å². The summed E-state index contributed by atoms with van der Waals surface area (Å²) in [6, 6.07) is 0. The van der Waals surface area contributed by atoms with Gasteiger partial charge in [-0.3, -0.25) is 9.48 Å². The monoisotopic (exact) mass is 194 g/mol. The van der Waals surface area contributed by atoms with Crippen LogP contribution < -0.4 is 0 Å². The number of ketones is 1. The Kier molecular flexibility index (Phi) is 2.81. The first kappa shape index (κ1) is 10.2. The van der Waals surface area contributed by atoms with Crippen molar-refractivity contribution >= 4 is 11.8 Å². The Morgan fingerprint density at radius 3 is 2.79 bits per heavy atom. The lowest BCUT2D eigenvalue weighted by molar-refractivity contribution is 0.0590. The van der Waals surface area contributed by atoms with E-state index in [2.05, 4.69) is 16.4 Å². The predicted molar refractivity (Wildman–Crippen MR) is 49.1 cm³/mol. The van der Waals surface area contributed by atoms with Gasteiger partial charge in [0.2, 0.25) is 0 Å². The maximum Gasteiger partial charge on any atom is 0.359 e. The highest BCUT2D eigenvalue weighted by molar-refractivity contribution is 6.10. The van der Waals surface area contributed by atoms with Crippen LogP contribution in [0.15, 0.2) is 18.9 Å². The largest absolute Gasteiger partial charge is 0.464 e. The normalized spacial score (nSPS) is 9.57. The van der Waals surface area contributed by atoms with Crippen LogP contribution in [0.2, 0.25) is 0 Å². The SMILES string of the molecule is C=CC(=O)c1cn(C)nc1C(=O)OC. The van der Waals surface area contributed by atoms with E-state index in [1.165, 1.54) is 18.0 Å². The van der Waals surface area contributed by atoms with Gasteiger partial charge in [-0.25, -0.2) is 4.79 Å². The highest BCUT2D eigenvalue weighted by Gasteiger charge is 2.19. The third kappa shape index (κ3) is 1.71. The number of methoxy groups -OCH3 is 1. The quantitative estimate of drug-likeness (QED) is 0.401. The molecule has 0 bridgehead atoms. The fourth-order valence-electron chi connectivity index (χ4n) is 1.03. The number of aromatic nitrogens is 2. The molecule has 0 saturated carbocycles. The Balaban J connectivity index is 3.21. The van der Waals surface area contributed by atoms with Crippen LogP contribution in [0, 0.1) is 0 Å². The number of esters is 1. The topological polar surface area (TPSA) is 61.2 Å². The number of allylic oxidation sites excluding steroid dienone is 1. The molecule has 1 aromatic heterocycles. The molecule has 0 spiro atoms. The van der Waals surface area contributed by atoms with E-state index in [1.807, 2.05) is 0 Å². The summed E-state index contributed by atoms with van der Waals surface area (Å²) in [7, 11) is 2.85. The molecule has 0 atom stereocenters. The molecule has 0 amide bonds. The molecule has 74 valence electrons. The third-order valence-corrected chi connectivity index (χ3v) is 1.66. The van der Waals surface area contributed by atoms with Crippen LogP contribution >= 0.6 is 0 Å². The maximum absolute atomic E-state index is 11.3. The van der Waals surface area contributed by atoms with Crippen molar-refractivity contribution in [2.75, 3.05) is 7.11 Å². The van der Waals surface area contributed by atoms with Gasteiger partial charge in [-0.15, -0.1) is 0 Å². The molecule has 5 nitrogen and oxygen atoms in total. The minimum atomic E-state index is -0.629. The Hall–Kier alpha value is -1.91. The summed E-state index contributed by atoms with van der Waals surface area (Å²) in [4.78, 5) is 22.5. The van der Waals surface area contributed by atoms with Gasteiger partial charge >= 0.3 is 5.97 Å². The van der Waals surface area contributed by atoms with Crippen LogP contribution in [0.25, 0.3) is 0 Å². The summed E-state index contributed by atoms with van der Waals surface area (Å²) in [6.45, 7) is 3.33. The summed E-state index contributed by atoms with van der Waals surface area (Å²) >= 11 is 0. The lowest BCUT2D eigenvalue weighted by Crippen LogP contribution is -2.08. The second kappa shape index (κ2) is 3.87. The van der Waals surface area contributed by atoms with Gasteiger partial charge in [0.05, 0.1) is 12.7 Å². The first-order chi connectivity index (χ1) is 6.60. The van der Waals surface area contributed by atoms with Crippen molar-refractivity contribution in [2.24, 2.45) is 7.05 Å². The number of hydrogen-bond donors (Lipinski definition) is 0. The van der Waals surface area contributed by atoms with Crippen LogP contribution in [0.4, 0.5) is 0 Å². The number of aryl methyl sites for hydroxylation is 1. The summed E-state index contributed by atoms with van der Waals surface area (Å²) in [6.07, 6.45) is 2.58. The summed E-state index contributed by atoms with van der Waals surface area (Å²) in [5.74, 6) is -0.977. The first-order valence-corrected chi connectivity index (χ1v) is 3.89. The standard InChI is InChI=1S/C9H10N2O3/c1-4-7(12)6-5-11(2)10-8(6)9(13)14-3/h4-5H,1H2,2-3H3. The highest BCUT2D eigenvalue weighted by Crippen LogP contribution is 2.08. The van der Waals surface area contributed by atoms with Gasteiger partial charge in [-0.2, -0.15) is 5.10 Å². The number of nitrogens with zero attached hydrogens (tertiary/aromatic N) is 2. The van der Waals surface area contributed by atoms with Crippen LogP contribution in [0.1, 0.15) is 20.8 Å². The van der Waals surface area contributed by atoms with E-state index >= 15 is 0 Å². The van der Waals surface area contributed by atoms with E-state index < -0.39 is 5.97 Å². The van der Waals surface area contributed by atoms with Gasteiger partial charge in [0.15, 0.2) is 11.5 Å².